The molecule has 0 bridgehead atoms. The first-order chi connectivity index (χ1) is 8.82. The van der Waals surface area contributed by atoms with Crippen LogP contribution in [0.3, 0.4) is 0 Å². The van der Waals surface area contributed by atoms with E-state index in [9.17, 15) is 18.0 Å². The quantitative estimate of drug-likeness (QED) is 0.556. The SMILES string of the molecule is COC(=O)CCS(=O)(=O)CCC(=O)N(C)CCCN. The van der Waals surface area contributed by atoms with Gasteiger partial charge >= 0.3 is 5.97 Å². The van der Waals surface area contributed by atoms with Crippen LogP contribution in [0.25, 0.3) is 0 Å². The Morgan fingerprint density at radius 3 is 2.32 bits per heavy atom. The van der Waals surface area contributed by atoms with Gasteiger partial charge in [0.05, 0.1) is 25.0 Å². The van der Waals surface area contributed by atoms with Gasteiger partial charge in [-0.3, -0.25) is 9.59 Å². The molecule has 1 amide bonds. The smallest absolute Gasteiger partial charge is 0.306 e. The number of rotatable bonds is 9. The van der Waals surface area contributed by atoms with Crippen molar-refractivity contribution in [1.82, 2.24) is 4.90 Å². The molecule has 0 aromatic carbocycles. The van der Waals surface area contributed by atoms with Crippen LogP contribution in [0.15, 0.2) is 0 Å². The van der Waals surface area contributed by atoms with Gasteiger partial charge in [0.2, 0.25) is 5.91 Å². The Kier molecular flexibility index (Phi) is 8.33. The first-order valence-corrected chi connectivity index (χ1v) is 7.86. The van der Waals surface area contributed by atoms with E-state index in [0.717, 1.165) is 0 Å². The van der Waals surface area contributed by atoms with Crippen molar-refractivity contribution < 1.29 is 22.7 Å². The van der Waals surface area contributed by atoms with E-state index in [1.165, 1.54) is 12.0 Å². The molecule has 0 fully saturated rings. The second-order valence-electron chi connectivity index (χ2n) is 4.19. The summed E-state index contributed by atoms with van der Waals surface area (Å²) in [5, 5.41) is 0. The number of carbonyl (C=O) groups is 2. The van der Waals surface area contributed by atoms with Crippen molar-refractivity contribution in [3.8, 4) is 0 Å². The number of amides is 1. The zero-order chi connectivity index (χ0) is 14.9. The zero-order valence-corrected chi connectivity index (χ0v) is 12.2. The molecule has 7 nitrogen and oxygen atoms in total. The van der Waals surface area contributed by atoms with Crippen molar-refractivity contribution >= 4 is 21.7 Å². The molecule has 0 spiro atoms. The third kappa shape index (κ3) is 8.55. The van der Waals surface area contributed by atoms with Gasteiger partial charge < -0.3 is 15.4 Å². The van der Waals surface area contributed by atoms with Crippen molar-refractivity contribution in [3.05, 3.63) is 0 Å². The number of nitrogens with zero attached hydrogens (tertiary/aromatic N) is 1. The molecule has 0 aliphatic rings. The van der Waals surface area contributed by atoms with E-state index < -0.39 is 15.8 Å². The van der Waals surface area contributed by atoms with Crippen molar-refractivity contribution in [2.45, 2.75) is 19.3 Å². The number of methoxy groups -OCH3 is 1. The lowest BCUT2D eigenvalue weighted by Gasteiger charge is -2.16. The second-order valence-corrected chi connectivity index (χ2v) is 6.49. The normalized spacial score (nSPS) is 11.1. The van der Waals surface area contributed by atoms with E-state index in [2.05, 4.69) is 4.74 Å². The molecule has 0 rings (SSSR count). The minimum Gasteiger partial charge on any atom is -0.469 e. The summed E-state index contributed by atoms with van der Waals surface area (Å²) in [5.41, 5.74) is 5.32. The molecule has 0 aliphatic heterocycles. The van der Waals surface area contributed by atoms with Gasteiger partial charge in [-0.15, -0.1) is 0 Å². The van der Waals surface area contributed by atoms with Crippen LogP contribution in [0.1, 0.15) is 19.3 Å². The van der Waals surface area contributed by atoms with Gasteiger partial charge in [-0.2, -0.15) is 0 Å². The average molecular weight is 294 g/mol. The highest BCUT2D eigenvalue weighted by Gasteiger charge is 2.17. The molecule has 0 aromatic heterocycles. The molecule has 0 saturated heterocycles. The summed E-state index contributed by atoms with van der Waals surface area (Å²) in [6.07, 6.45) is 0.415. The van der Waals surface area contributed by atoms with Crippen molar-refractivity contribution in [2.24, 2.45) is 5.73 Å². The van der Waals surface area contributed by atoms with E-state index in [-0.39, 0.29) is 30.3 Å². The third-order valence-corrected chi connectivity index (χ3v) is 4.25. The van der Waals surface area contributed by atoms with Gasteiger partial charge in [-0.05, 0) is 13.0 Å². The first-order valence-electron chi connectivity index (χ1n) is 6.03. The Morgan fingerprint density at radius 1 is 1.21 bits per heavy atom. The van der Waals surface area contributed by atoms with Gasteiger partial charge in [-0.25, -0.2) is 8.42 Å². The van der Waals surface area contributed by atoms with Gasteiger partial charge in [0.25, 0.3) is 0 Å². The van der Waals surface area contributed by atoms with E-state index >= 15 is 0 Å². The Labute approximate surface area is 114 Å². The lowest BCUT2D eigenvalue weighted by molar-refractivity contribution is -0.140. The van der Waals surface area contributed by atoms with Crippen LogP contribution in [-0.4, -0.2) is 63.9 Å². The topological polar surface area (TPSA) is 107 Å². The first kappa shape index (κ1) is 17.8. The van der Waals surface area contributed by atoms with Gasteiger partial charge in [0, 0.05) is 20.0 Å². The Morgan fingerprint density at radius 2 is 1.79 bits per heavy atom. The number of sulfone groups is 1. The van der Waals surface area contributed by atoms with Gasteiger partial charge in [-0.1, -0.05) is 0 Å². The Bertz CT molecular complexity index is 394. The summed E-state index contributed by atoms with van der Waals surface area (Å²) in [7, 11) is -0.599. The lowest BCUT2D eigenvalue weighted by atomic mass is 10.3. The minimum absolute atomic E-state index is 0.0788. The third-order valence-electron chi connectivity index (χ3n) is 2.60. The number of esters is 1. The minimum atomic E-state index is -3.41. The summed E-state index contributed by atoms with van der Waals surface area (Å²) in [5.74, 6) is -1.36. The molecule has 112 valence electrons. The molecule has 0 heterocycles. The number of carbonyl (C=O) groups excluding carboxylic acids is 2. The Hall–Kier alpha value is -1.15. The molecule has 19 heavy (non-hydrogen) atoms. The highest BCUT2D eigenvalue weighted by Crippen LogP contribution is 2.01. The monoisotopic (exact) mass is 294 g/mol. The van der Waals surface area contributed by atoms with Crippen LogP contribution >= 0.6 is 0 Å². The maximum atomic E-state index is 11.6. The number of ether oxygens (including phenoxy) is 1. The van der Waals surface area contributed by atoms with Crippen LogP contribution in [0.5, 0.6) is 0 Å². The highest BCUT2D eigenvalue weighted by atomic mass is 32.2. The van der Waals surface area contributed by atoms with Crippen LogP contribution < -0.4 is 5.73 Å². The van der Waals surface area contributed by atoms with E-state index in [4.69, 9.17) is 5.73 Å². The average Bonchev–Trinajstić information content (AvgIpc) is 2.39. The number of hydrogen-bond acceptors (Lipinski definition) is 6. The fourth-order valence-electron chi connectivity index (χ4n) is 1.33. The molecule has 0 unspecified atom stereocenters. The van der Waals surface area contributed by atoms with E-state index in [0.29, 0.717) is 19.5 Å². The molecule has 0 atom stereocenters. The molecule has 0 radical (unpaired) electrons. The fourth-order valence-corrected chi connectivity index (χ4v) is 2.50. The predicted molar refractivity (Wildman–Crippen MR) is 71.2 cm³/mol. The molecular formula is C11H22N2O5S. The summed E-state index contributed by atoms with van der Waals surface area (Å²) in [4.78, 5) is 23.9. The molecule has 8 heteroatoms. The summed E-state index contributed by atoms with van der Waals surface area (Å²) < 4.78 is 27.6. The molecular weight excluding hydrogens is 272 g/mol. The second kappa shape index (κ2) is 8.87. The largest absolute Gasteiger partial charge is 0.469 e. The maximum Gasteiger partial charge on any atom is 0.306 e. The van der Waals surface area contributed by atoms with E-state index in [1.807, 2.05) is 0 Å². The number of hydrogen-bond donors (Lipinski definition) is 1. The summed E-state index contributed by atoms with van der Waals surface area (Å²) >= 11 is 0. The van der Waals surface area contributed by atoms with Gasteiger partial charge in [0.15, 0.2) is 9.84 Å². The molecule has 0 saturated carbocycles. The molecule has 2 N–H and O–H groups in total. The van der Waals surface area contributed by atoms with Crippen LogP contribution in [0, 0.1) is 0 Å². The molecule has 0 aliphatic carbocycles. The van der Waals surface area contributed by atoms with Crippen molar-refractivity contribution in [2.75, 3.05) is 38.8 Å². The number of nitrogens with two attached hydrogens (primary N) is 1. The predicted octanol–water partition coefficient (Wildman–Crippen LogP) is -0.838. The summed E-state index contributed by atoms with van der Waals surface area (Å²) in [6, 6.07) is 0. The van der Waals surface area contributed by atoms with Gasteiger partial charge in [0.1, 0.15) is 0 Å². The van der Waals surface area contributed by atoms with Crippen LogP contribution in [0.4, 0.5) is 0 Å². The fraction of sp³-hybridized carbons (Fsp3) is 0.818. The maximum absolute atomic E-state index is 11.6. The highest BCUT2D eigenvalue weighted by molar-refractivity contribution is 7.91. The zero-order valence-electron chi connectivity index (χ0n) is 11.4. The lowest BCUT2D eigenvalue weighted by Crippen LogP contribution is -2.30. The van der Waals surface area contributed by atoms with E-state index in [1.54, 1.807) is 7.05 Å². The Balaban J connectivity index is 4.09. The van der Waals surface area contributed by atoms with Crippen molar-refractivity contribution in [1.29, 1.82) is 0 Å². The standard InChI is InChI=1S/C11H22N2O5S/c1-13(7-3-6-12)10(14)4-8-19(16,17)9-5-11(15)18-2/h3-9,12H2,1-2H3. The molecule has 0 aromatic rings. The van der Waals surface area contributed by atoms with Crippen molar-refractivity contribution in [3.63, 3.8) is 0 Å². The summed E-state index contributed by atoms with van der Waals surface area (Å²) in [6.45, 7) is 0.993. The van der Waals surface area contributed by atoms with Crippen LogP contribution in [-0.2, 0) is 24.2 Å². The van der Waals surface area contributed by atoms with Crippen LogP contribution in [0.2, 0.25) is 0 Å².